The first-order valence-electron chi connectivity index (χ1n) is 9.26. The van der Waals surface area contributed by atoms with Crippen molar-refractivity contribution in [3.63, 3.8) is 0 Å². The highest BCUT2D eigenvalue weighted by atomic mass is 19.1. The van der Waals surface area contributed by atoms with Crippen molar-refractivity contribution < 1.29 is 27.8 Å². The van der Waals surface area contributed by atoms with Gasteiger partial charge in [0.25, 0.3) is 0 Å². The number of fused-ring (bicyclic) bond motifs is 2. The van der Waals surface area contributed by atoms with Crippen molar-refractivity contribution in [1.29, 1.82) is 0 Å². The van der Waals surface area contributed by atoms with Crippen LogP contribution in [0.25, 0.3) is 0 Å². The minimum absolute atomic E-state index is 0.00563. The number of ether oxygens (including phenoxy) is 2. The van der Waals surface area contributed by atoms with Gasteiger partial charge in [0.05, 0.1) is 37.5 Å². The van der Waals surface area contributed by atoms with Crippen LogP contribution in [0.2, 0.25) is 0 Å². The number of benzene rings is 1. The van der Waals surface area contributed by atoms with Gasteiger partial charge in [0.1, 0.15) is 17.6 Å². The summed E-state index contributed by atoms with van der Waals surface area (Å²) in [6, 6.07) is 2.32. The highest BCUT2D eigenvalue weighted by Crippen LogP contribution is 2.39. The summed E-state index contributed by atoms with van der Waals surface area (Å²) >= 11 is 0. The second-order valence-electron chi connectivity index (χ2n) is 7.44. The zero-order valence-electron chi connectivity index (χ0n) is 15.1. The molecule has 27 heavy (non-hydrogen) atoms. The van der Waals surface area contributed by atoms with Gasteiger partial charge in [-0.15, -0.1) is 0 Å². The summed E-state index contributed by atoms with van der Waals surface area (Å²) in [5.41, 5.74) is 0.0833. The Balaban J connectivity index is 1.55. The lowest BCUT2D eigenvalue weighted by Crippen LogP contribution is -2.46. The van der Waals surface area contributed by atoms with Crippen LogP contribution in [-0.4, -0.2) is 49.8 Å². The number of morpholine rings is 1. The van der Waals surface area contributed by atoms with E-state index < -0.39 is 23.8 Å². The second kappa shape index (κ2) is 7.07. The minimum atomic E-state index is -0.691. The predicted octanol–water partition coefficient (Wildman–Crippen LogP) is 3.03. The molecule has 0 saturated carbocycles. The van der Waals surface area contributed by atoms with E-state index in [2.05, 4.69) is 0 Å². The number of rotatable bonds is 5. The number of hydrogen-bond donors (Lipinski definition) is 0. The predicted molar refractivity (Wildman–Crippen MR) is 94.0 cm³/mol. The van der Waals surface area contributed by atoms with Gasteiger partial charge in [0.2, 0.25) is 0 Å². The van der Waals surface area contributed by atoms with Gasteiger partial charge < -0.3 is 19.2 Å². The summed E-state index contributed by atoms with van der Waals surface area (Å²) in [7, 11) is 0. The number of anilines is 2. The lowest BCUT2D eigenvalue weighted by molar-refractivity contribution is -0.117. The maximum atomic E-state index is 14.9. The van der Waals surface area contributed by atoms with Crippen LogP contribution in [0.4, 0.5) is 25.0 Å². The average molecular weight is 380 g/mol. The highest BCUT2D eigenvalue weighted by molar-refractivity contribution is 5.90. The number of Topliss-reactive ketones (excluding diaryl/α,β-unsaturated/α-hetero) is 1. The van der Waals surface area contributed by atoms with Crippen molar-refractivity contribution in [3.8, 4) is 0 Å². The number of nitrogens with zero attached hydrogens (tertiary/aromatic N) is 2. The van der Waals surface area contributed by atoms with Crippen molar-refractivity contribution in [2.24, 2.45) is 0 Å². The topological polar surface area (TPSA) is 59.1 Å². The summed E-state index contributed by atoms with van der Waals surface area (Å²) in [4.78, 5) is 26.2. The van der Waals surface area contributed by atoms with Crippen LogP contribution in [0.3, 0.4) is 0 Å². The Hall–Kier alpha value is -2.22. The third-order valence-electron chi connectivity index (χ3n) is 5.50. The quantitative estimate of drug-likeness (QED) is 0.786. The van der Waals surface area contributed by atoms with Crippen LogP contribution in [-0.2, 0) is 14.3 Å². The van der Waals surface area contributed by atoms with E-state index in [0.717, 1.165) is 12.8 Å². The standard InChI is InChI=1S/C19H22F2N2O4/c1-11(24)2-5-15-8-22(19(25)27-15)14-6-16(20)18(17(21)7-14)23-12-3-4-13(23)10-26-9-12/h6-7,12-13,15H,2-5,8-10H2,1H3/t12?,13?,15-/m0/s1. The third-order valence-corrected chi connectivity index (χ3v) is 5.50. The van der Waals surface area contributed by atoms with Gasteiger partial charge >= 0.3 is 6.09 Å². The van der Waals surface area contributed by atoms with E-state index >= 15 is 0 Å². The number of carbonyl (C=O) groups excluding carboxylic acids is 2. The number of ketones is 1. The van der Waals surface area contributed by atoms with Crippen LogP contribution in [0.1, 0.15) is 32.6 Å². The molecule has 2 bridgehead atoms. The van der Waals surface area contributed by atoms with Gasteiger partial charge in [0, 0.05) is 18.6 Å². The molecule has 3 saturated heterocycles. The number of hydrogen-bond acceptors (Lipinski definition) is 5. The maximum absolute atomic E-state index is 14.9. The van der Waals surface area contributed by atoms with E-state index in [9.17, 15) is 18.4 Å². The molecule has 8 heteroatoms. The Bertz CT molecular complexity index is 733. The summed E-state index contributed by atoms with van der Waals surface area (Å²) in [5.74, 6) is -1.38. The molecular formula is C19H22F2N2O4. The molecule has 6 nitrogen and oxygen atoms in total. The monoisotopic (exact) mass is 380 g/mol. The first-order valence-corrected chi connectivity index (χ1v) is 9.26. The van der Waals surface area contributed by atoms with Crippen molar-refractivity contribution in [2.75, 3.05) is 29.6 Å². The molecule has 146 valence electrons. The van der Waals surface area contributed by atoms with Crippen molar-refractivity contribution in [3.05, 3.63) is 23.8 Å². The first kappa shape index (κ1) is 18.2. The Morgan fingerprint density at radius 3 is 2.41 bits per heavy atom. The van der Waals surface area contributed by atoms with Gasteiger partial charge in [-0.2, -0.15) is 0 Å². The maximum Gasteiger partial charge on any atom is 0.414 e. The van der Waals surface area contributed by atoms with E-state index in [0.29, 0.717) is 26.1 Å². The van der Waals surface area contributed by atoms with Crippen LogP contribution >= 0.6 is 0 Å². The van der Waals surface area contributed by atoms with Crippen molar-refractivity contribution in [2.45, 2.75) is 50.8 Å². The average Bonchev–Trinajstić information content (AvgIpc) is 3.08. The SMILES string of the molecule is CC(=O)CC[C@H]1CN(c2cc(F)c(N3C4CCC3COC4)c(F)c2)C(=O)O1. The minimum Gasteiger partial charge on any atom is -0.444 e. The summed E-state index contributed by atoms with van der Waals surface area (Å²) < 4.78 is 40.4. The molecular weight excluding hydrogens is 358 g/mol. The van der Waals surface area contributed by atoms with E-state index in [4.69, 9.17) is 9.47 Å². The molecule has 3 heterocycles. The van der Waals surface area contributed by atoms with E-state index in [1.54, 1.807) is 4.90 Å². The molecule has 0 spiro atoms. The van der Waals surface area contributed by atoms with Crippen LogP contribution in [0.15, 0.2) is 12.1 Å². The van der Waals surface area contributed by atoms with Gasteiger partial charge in [0.15, 0.2) is 11.6 Å². The lowest BCUT2D eigenvalue weighted by atomic mass is 10.1. The normalized spacial score (nSPS) is 27.2. The molecule has 3 atom stereocenters. The zero-order chi connectivity index (χ0) is 19.1. The smallest absolute Gasteiger partial charge is 0.414 e. The van der Waals surface area contributed by atoms with Crippen LogP contribution < -0.4 is 9.80 Å². The second-order valence-corrected chi connectivity index (χ2v) is 7.44. The molecule has 4 rings (SSSR count). The van der Waals surface area contributed by atoms with Gasteiger partial charge in [-0.1, -0.05) is 0 Å². The Labute approximate surface area is 156 Å². The molecule has 0 aliphatic carbocycles. The Morgan fingerprint density at radius 2 is 1.81 bits per heavy atom. The number of amides is 1. The van der Waals surface area contributed by atoms with Crippen molar-refractivity contribution >= 4 is 23.3 Å². The molecule has 0 radical (unpaired) electrons. The van der Waals surface area contributed by atoms with Crippen LogP contribution in [0, 0.1) is 11.6 Å². The number of cyclic esters (lactones) is 1. The summed E-state index contributed by atoms with van der Waals surface area (Å²) in [6.45, 7) is 2.57. The fourth-order valence-electron chi connectivity index (χ4n) is 4.20. The highest BCUT2D eigenvalue weighted by Gasteiger charge is 2.41. The fraction of sp³-hybridized carbons (Fsp3) is 0.579. The Kier molecular flexibility index (Phi) is 4.75. The Morgan fingerprint density at radius 1 is 1.19 bits per heavy atom. The largest absolute Gasteiger partial charge is 0.444 e. The first-order chi connectivity index (χ1) is 12.9. The van der Waals surface area contributed by atoms with E-state index in [1.807, 2.05) is 0 Å². The summed E-state index contributed by atoms with van der Waals surface area (Å²) in [6.07, 6.45) is 1.29. The lowest BCUT2D eigenvalue weighted by Gasteiger charge is -2.37. The van der Waals surface area contributed by atoms with Gasteiger partial charge in [-0.25, -0.2) is 13.6 Å². The zero-order valence-corrected chi connectivity index (χ0v) is 15.1. The fourth-order valence-corrected chi connectivity index (χ4v) is 4.20. The molecule has 1 aromatic rings. The van der Waals surface area contributed by atoms with Gasteiger partial charge in [-0.05, 0) is 26.2 Å². The summed E-state index contributed by atoms with van der Waals surface area (Å²) in [5, 5.41) is 0. The molecule has 0 N–H and O–H groups in total. The molecule has 3 aliphatic heterocycles. The molecule has 3 fully saturated rings. The molecule has 1 amide bonds. The molecule has 1 aromatic carbocycles. The van der Waals surface area contributed by atoms with Crippen LogP contribution in [0.5, 0.6) is 0 Å². The van der Waals surface area contributed by atoms with E-state index in [1.165, 1.54) is 24.0 Å². The van der Waals surface area contributed by atoms with Crippen molar-refractivity contribution in [1.82, 2.24) is 0 Å². The molecule has 2 unspecified atom stereocenters. The third kappa shape index (κ3) is 3.38. The van der Waals surface area contributed by atoms with E-state index in [-0.39, 0.29) is 35.8 Å². The molecule has 0 aromatic heterocycles. The molecule has 3 aliphatic rings. The number of carbonyl (C=O) groups is 2. The van der Waals surface area contributed by atoms with Gasteiger partial charge in [-0.3, -0.25) is 4.90 Å². The number of halogens is 2.